The predicted molar refractivity (Wildman–Crippen MR) is 111 cm³/mol. The minimum atomic E-state index is -0.695. The Labute approximate surface area is 165 Å². The molecule has 0 unspecified atom stereocenters. The first kappa shape index (κ1) is 18.7. The molecular formula is C21H21N5O3. The van der Waals surface area contributed by atoms with Crippen LogP contribution in [-0.4, -0.2) is 31.6 Å². The van der Waals surface area contributed by atoms with Crippen molar-refractivity contribution in [3.63, 3.8) is 0 Å². The Morgan fingerprint density at radius 2 is 1.90 bits per heavy atom. The number of hydrogen-bond donors (Lipinski definition) is 2. The van der Waals surface area contributed by atoms with Gasteiger partial charge in [-0.25, -0.2) is 4.98 Å². The highest BCUT2D eigenvalue weighted by Crippen LogP contribution is 2.15. The van der Waals surface area contributed by atoms with Crippen LogP contribution in [-0.2, 0) is 13.1 Å². The van der Waals surface area contributed by atoms with Crippen molar-refractivity contribution in [2.45, 2.75) is 26.9 Å². The summed E-state index contributed by atoms with van der Waals surface area (Å²) in [7, 11) is 0. The Morgan fingerprint density at radius 3 is 2.69 bits per heavy atom. The molecule has 0 saturated heterocycles. The highest BCUT2D eigenvalue weighted by molar-refractivity contribution is 5.97. The van der Waals surface area contributed by atoms with E-state index >= 15 is 0 Å². The average molecular weight is 391 g/mol. The lowest BCUT2D eigenvalue weighted by Gasteiger charge is -2.10. The van der Waals surface area contributed by atoms with Gasteiger partial charge in [0.25, 0.3) is 5.91 Å². The molecule has 2 aromatic carbocycles. The number of fused-ring (bicyclic) bond motifs is 2. The summed E-state index contributed by atoms with van der Waals surface area (Å²) >= 11 is 0. The number of nitrogens with one attached hydrogen (secondary N) is 2. The summed E-state index contributed by atoms with van der Waals surface area (Å²) in [5.74, 6) is 0.644. The highest BCUT2D eigenvalue weighted by atomic mass is 16.2. The van der Waals surface area contributed by atoms with Crippen molar-refractivity contribution in [2.75, 3.05) is 6.54 Å². The van der Waals surface area contributed by atoms with Crippen molar-refractivity contribution in [2.24, 2.45) is 0 Å². The molecule has 2 aromatic heterocycles. The molecule has 0 radical (unpaired) electrons. The topological polar surface area (TPSA) is 102 Å². The van der Waals surface area contributed by atoms with Crippen LogP contribution >= 0.6 is 0 Å². The monoisotopic (exact) mass is 391 g/mol. The molecular weight excluding hydrogens is 370 g/mol. The van der Waals surface area contributed by atoms with E-state index in [0.29, 0.717) is 36.2 Å². The van der Waals surface area contributed by atoms with Gasteiger partial charge in [-0.2, -0.15) is 0 Å². The third-order valence-corrected chi connectivity index (χ3v) is 5.02. The molecule has 0 bridgehead atoms. The van der Waals surface area contributed by atoms with E-state index in [4.69, 9.17) is 0 Å². The average Bonchev–Trinajstić information content (AvgIpc) is 3.04. The Morgan fingerprint density at radius 1 is 1.10 bits per heavy atom. The second-order valence-corrected chi connectivity index (χ2v) is 6.79. The third kappa shape index (κ3) is 3.33. The summed E-state index contributed by atoms with van der Waals surface area (Å²) in [5, 5.41) is 2.90. The van der Waals surface area contributed by atoms with Gasteiger partial charge in [0, 0.05) is 25.2 Å². The molecule has 4 aromatic rings. The largest absolute Gasteiger partial charge is 0.350 e. The quantitative estimate of drug-likeness (QED) is 0.507. The van der Waals surface area contributed by atoms with Crippen LogP contribution in [0, 0.1) is 6.92 Å². The van der Waals surface area contributed by atoms with Gasteiger partial charge in [-0.3, -0.25) is 14.4 Å². The van der Waals surface area contributed by atoms with E-state index in [0.717, 1.165) is 16.9 Å². The second-order valence-electron chi connectivity index (χ2n) is 6.79. The number of amides is 1. The first-order valence-corrected chi connectivity index (χ1v) is 9.46. The molecule has 2 heterocycles. The summed E-state index contributed by atoms with van der Waals surface area (Å²) in [4.78, 5) is 43.4. The fourth-order valence-corrected chi connectivity index (χ4v) is 3.60. The fourth-order valence-electron chi connectivity index (χ4n) is 3.60. The maximum Gasteiger partial charge on any atom is 0.316 e. The van der Waals surface area contributed by atoms with Gasteiger partial charge >= 0.3 is 11.1 Å². The van der Waals surface area contributed by atoms with E-state index in [1.54, 1.807) is 25.1 Å². The van der Waals surface area contributed by atoms with E-state index in [1.165, 1.54) is 4.57 Å². The molecule has 4 rings (SSSR count). The van der Waals surface area contributed by atoms with E-state index in [-0.39, 0.29) is 5.91 Å². The smallest absolute Gasteiger partial charge is 0.316 e. The summed E-state index contributed by atoms with van der Waals surface area (Å²) in [6.45, 7) is 5.14. The van der Waals surface area contributed by atoms with Crippen molar-refractivity contribution >= 4 is 28.0 Å². The Bertz CT molecular complexity index is 1350. The van der Waals surface area contributed by atoms with E-state index in [2.05, 4.69) is 19.9 Å². The summed E-state index contributed by atoms with van der Waals surface area (Å²) in [6, 6.07) is 12.8. The van der Waals surface area contributed by atoms with Gasteiger partial charge in [0.1, 0.15) is 5.82 Å². The van der Waals surface area contributed by atoms with Crippen molar-refractivity contribution in [1.29, 1.82) is 0 Å². The Kier molecular flexibility index (Phi) is 4.75. The van der Waals surface area contributed by atoms with E-state index < -0.39 is 11.1 Å². The van der Waals surface area contributed by atoms with Gasteiger partial charge < -0.3 is 19.4 Å². The number of carbonyl (C=O) groups is 1. The number of para-hydroxylation sites is 2. The van der Waals surface area contributed by atoms with Crippen LogP contribution in [0.1, 0.15) is 23.1 Å². The first-order valence-electron chi connectivity index (χ1n) is 9.46. The van der Waals surface area contributed by atoms with Gasteiger partial charge in [-0.15, -0.1) is 0 Å². The van der Waals surface area contributed by atoms with Crippen LogP contribution in [0.15, 0.2) is 52.1 Å². The third-order valence-electron chi connectivity index (χ3n) is 5.02. The predicted octanol–water partition coefficient (Wildman–Crippen LogP) is 1.80. The maximum absolute atomic E-state index is 12.6. The van der Waals surface area contributed by atoms with E-state index in [9.17, 15) is 14.4 Å². The van der Waals surface area contributed by atoms with Crippen molar-refractivity contribution in [3.05, 3.63) is 74.6 Å². The van der Waals surface area contributed by atoms with Crippen molar-refractivity contribution in [3.8, 4) is 0 Å². The number of imidazole rings is 1. The van der Waals surface area contributed by atoms with Gasteiger partial charge in [0.2, 0.25) is 0 Å². The molecule has 29 heavy (non-hydrogen) atoms. The minimum absolute atomic E-state index is 0.246. The lowest BCUT2D eigenvalue weighted by atomic mass is 10.1. The molecule has 0 saturated carbocycles. The molecule has 0 fully saturated rings. The van der Waals surface area contributed by atoms with Gasteiger partial charge in [-0.1, -0.05) is 12.1 Å². The zero-order chi connectivity index (χ0) is 20.5. The van der Waals surface area contributed by atoms with Crippen LogP contribution in [0.2, 0.25) is 0 Å². The van der Waals surface area contributed by atoms with Crippen molar-refractivity contribution < 1.29 is 4.79 Å². The Balaban J connectivity index is 1.53. The van der Waals surface area contributed by atoms with Crippen LogP contribution in [0.3, 0.4) is 0 Å². The molecule has 0 atom stereocenters. The molecule has 148 valence electrons. The number of carbonyl (C=O) groups excluding carboxylic acids is 1. The number of H-pyrrole nitrogens is 1. The Hall–Kier alpha value is -3.68. The lowest BCUT2D eigenvalue weighted by molar-refractivity contribution is 0.0952. The molecule has 0 aliphatic heterocycles. The van der Waals surface area contributed by atoms with E-state index in [1.807, 2.05) is 31.2 Å². The van der Waals surface area contributed by atoms with Gasteiger partial charge in [0.05, 0.1) is 22.1 Å². The first-order chi connectivity index (χ1) is 14.0. The van der Waals surface area contributed by atoms with Crippen LogP contribution in [0.25, 0.3) is 22.1 Å². The molecule has 0 spiro atoms. The molecule has 2 N–H and O–H groups in total. The molecule has 0 aliphatic rings. The fraction of sp³-hybridized carbons (Fsp3) is 0.238. The molecule has 1 amide bonds. The van der Waals surface area contributed by atoms with Crippen LogP contribution < -0.4 is 16.4 Å². The van der Waals surface area contributed by atoms with Gasteiger partial charge in [-0.05, 0) is 44.2 Å². The standard InChI is InChI=1S/C21H21N5O3/c1-3-25-18-9-8-14(12-16(18)24-20(28)21(25)29)19(27)22-10-11-26-13(2)23-15-6-4-5-7-17(15)26/h4-9,12H,3,10-11H2,1-2H3,(H,22,27)(H,24,28). The highest BCUT2D eigenvalue weighted by Gasteiger charge is 2.11. The zero-order valence-corrected chi connectivity index (χ0v) is 16.2. The minimum Gasteiger partial charge on any atom is -0.350 e. The zero-order valence-electron chi connectivity index (χ0n) is 16.2. The normalized spacial score (nSPS) is 11.2. The summed E-state index contributed by atoms with van der Waals surface area (Å²) in [5.41, 5.74) is 2.13. The molecule has 0 aliphatic carbocycles. The molecule has 8 nitrogen and oxygen atoms in total. The number of aryl methyl sites for hydroxylation is 2. The van der Waals surface area contributed by atoms with Gasteiger partial charge in [0.15, 0.2) is 0 Å². The second kappa shape index (κ2) is 7.38. The number of aromatic amines is 1. The number of rotatable bonds is 5. The van der Waals surface area contributed by atoms with Crippen molar-refractivity contribution in [1.82, 2.24) is 24.4 Å². The SMILES string of the molecule is CCn1c(=O)c(=O)[nH]c2cc(C(=O)NCCn3c(C)nc4ccccc43)ccc21. The number of hydrogen-bond acceptors (Lipinski definition) is 4. The number of benzene rings is 2. The lowest BCUT2D eigenvalue weighted by Crippen LogP contribution is -2.36. The maximum atomic E-state index is 12.6. The molecule has 8 heteroatoms. The summed E-state index contributed by atoms with van der Waals surface area (Å²) in [6.07, 6.45) is 0. The van der Waals surface area contributed by atoms with Crippen LogP contribution in [0.5, 0.6) is 0 Å². The van der Waals surface area contributed by atoms with Crippen LogP contribution in [0.4, 0.5) is 0 Å². The number of aromatic nitrogens is 4. The number of nitrogens with zero attached hydrogens (tertiary/aromatic N) is 3. The summed E-state index contributed by atoms with van der Waals surface area (Å²) < 4.78 is 3.45.